The fourth-order valence-electron chi connectivity index (χ4n) is 6.50. The maximum Gasteiger partial charge on any atom is 0.410 e. The summed E-state index contributed by atoms with van der Waals surface area (Å²) in [5, 5.41) is 7.13. The number of piperidine rings is 1. The van der Waals surface area contributed by atoms with Crippen molar-refractivity contribution in [1.29, 1.82) is 0 Å². The summed E-state index contributed by atoms with van der Waals surface area (Å²) in [5.74, 6) is -0.727. The number of hydrogen-bond acceptors (Lipinski definition) is 9. The first-order chi connectivity index (χ1) is 23.5. The highest BCUT2D eigenvalue weighted by Crippen LogP contribution is 2.38. The summed E-state index contributed by atoms with van der Waals surface area (Å²) in [7, 11) is 0. The summed E-state index contributed by atoms with van der Waals surface area (Å²) < 4.78 is 31.8. The molecule has 4 aromatic heterocycles. The van der Waals surface area contributed by atoms with Gasteiger partial charge in [0.15, 0.2) is 11.6 Å². The third-order valence-electron chi connectivity index (χ3n) is 8.72. The van der Waals surface area contributed by atoms with Crippen molar-refractivity contribution < 1.29 is 23.5 Å². The van der Waals surface area contributed by atoms with E-state index in [-0.39, 0.29) is 41.3 Å². The van der Waals surface area contributed by atoms with Gasteiger partial charge in [0.2, 0.25) is 0 Å². The Bertz CT molecular complexity index is 2130. The second-order valence-electron chi connectivity index (χ2n) is 13.1. The van der Waals surface area contributed by atoms with Crippen LogP contribution < -0.4 is 16.6 Å². The molecule has 0 spiro atoms. The number of hydrogen-bond donors (Lipinski definition) is 2. The number of nitrogen functional groups attached to an aromatic ring is 1. The Hall–Kier alpha value is -5.57. The normalized spacial score (nSPS) is 15.3. The molecule has 2 aliphatic rings. The van der Waals surface area contributed by atoms with Crippen molar-refractivity contribution in [3.8, 4) is 16.9 Å². The highest BCUT2D eigenvalue weighted by molar-refractivity contribution is 6.05. The number of carbonyl (C=O) groups excluding carboxylic acids is 2. The first kappa shape index (κ1) is 32.0. The molecule has 0 aliphatic carbocycles. The molecule has 15 heteroatoms. The Balaban J connectivity index is 1.16. The van der Waals surface area contributed by atoms with Crippen molar-refractivity contribution in [3.63, 3.8) is 0 Å². The van der Waals surface area contributed by atoms with Crippen molar-refractivity contribution in [2.45, 2.75) is 58.3 Å². The molecule has 7 rings (SSSR count). The smallest absolute Gasteiger partial charge is 0.410 e. The van der Waals surface area contributed by atoms with E-state index < -0.39 is 22.9 Å². The number of nitrogens with zero attached hydrogens (tertiary/aromatic N) is 7. The van der Waals surface area contributed by atoms with Gasteiger partial charge >= 0.3 is 6.09 Å². The summed E-state index contributed by atoms with van der Waals surface area (Å²) >= 11 is 0. The minimum Gasteiger partial charge on any atom is -0.444 e. The molecule has 5 aromatic rings. The third kappa shape index (κ3) is 6.01. The van der Waals surface area contributed by atoms with Gasteiger partial charge in [0.1, 0.15) is 28.8 Å². The molecule has 2 amide bonds. The first-order valence-electron chi connectivity index (χ1n) is 16.1. The average Bonchev–Trinajstić information content (AvgIpc) is 3.60. The summed E-state index contributed by atoms with van der Waals surface area (Å²) in [6.07, 6.45) is 3.88. The lowest BCUT2D eigenvalue weighted by Gasteiger charge is -2.33. The molecule has 6 heterocycles. The van der Waals surface area contributed by atoms with E-state index in [0.717, 1.165) is 5.69 Å². The van der Waals surface area contributed by atoms with Gasteiger partial charge in [-0.3, -0.25) is 14.3 Å². The van der Waals surface area contributed by atoms with Crippen LogP contribution >= 0.6 is 0 Å². The number of carbonyl (C=O) groups is 2. The van der Waals surface area contributed by atoms with Gasteiger partial charge < -0.3 is 25.4 Å². The quantitative estimate of drug-likeness (QED) is 0.277. The minimum atomic E-state index is -0.687. The summed E-state index contributed by atoms with van der Waals surface area (Å²) in [5.41, 5.74) is 7.67. The topological polar surface area (TPSA) is 164 Å². The number of likely N-dealkylation sites (tertiary alicyclic amines) is 1. The molecule has 49 heavy (non-hydrogen) atoms. The molecule has 1 saturated heterocycles. The van der Waals surface area contributed by atoms with Crippen molar-refractivity contribution >= 4 is 29.0 Å². The molecule has 0 unspecified atom stereocenters. The number of ether oxygens (including phenoxy) is 2. The molecule has 0 radical (unpaired) electrons. The predicted octanol–water partition coefficient (Wildman–Crippen LogP) is 4.36. The van der Waals surface area contributed by atoms with Crippen molar-refractivity contribution in [2.75, 3.05) is 30.7 Å². The van der Waals surface area contributed by atoms with Crippen LogP contribution in [0.4, 0.5) is 20.7 Å². The monoisotopic (exact) mass is 669 g/mol. The maximum atomic E-state index is 16.0. The Morgan fingerprint density at radius 3 is 2.57 bits per heavy atom. The van der Waals surface area contributed by atoms with Gasteiger partial charge in [-0.05, 0) is 70.0 Å². The lowest BCUT2D eigenvalue weighted by Crippen LogP contribution is -2.41. The molecular formula is C34H36FN9O5. The fourth-order valence-corrected chi connectivity index (χ4v) is 6.50. The lowest BCUT2D eigenvalue weighted by atomic mass is 9.93. The number of benzene rings is 1. The number of rotatable bonds is 5. The number of amides is 2. The number of nitrogens with two attached hydrogens (primary N) is 1. The predicted molar refractivity (Wildman–Crippen MR) is 178 cm³/mol. The zero-order valence-corrected chi connectivity index (χ0v) is 27.4. The van der Waals surface area contributed by atoms with Crippen LogP contribution in [0.3, 0.4) is 0 Å². The molecule has 0 atom stereocenters. The Kier molecular flexibility index (Phi) is 8.14. The van der Waals surface area contributed by atoms with E-state index in [1.807, 2.05) is 26.8 Å². The minimum absolute atomic E-state index is 0.0170. The number of aromatic nitrogens is 6. The van der Waals surface area contributed by atoms with Crippen molar-refractivity contribution in [3.05, 3.63) is 88.1 Å². The second-order valence-corrected chi connectivity index (χ2v) is 13.1. The zero-order chi connectivity index (χ0) is 34.4. The summed E-state index contributed by atoms with van der Waals surface area (Å²) in [6.45, 7) is 7.30. The Labute approximate surface area is 280 Å². The molecule has 1 aromatic carbocycles. The number of halogens is 1. The van der Waals surface area contributed by atoms with Crippen LogP contribution in [0.1, 0.15) is 61.3 Å². The van der Waals surface area contributed by atoms with Crippen LogP contribution in [-0.4, -0.2) is 71.1 Å². The number of anilines is 2. The third-order valence-corrected chi connectivity index (χ3v) is 8.72. The summed E-state index contributed by atoms with van der Waals surface area (Å²) in [6, 6.07) is 11.3. The van der Waals surface area contributed by atoms with Crippen LogP contribution in [0.5, 0.6) is 0 Å². The highest BCUT2D eigenvalue weighted by atomic mass is 19.1. The SMILES string of the molecule is CC(C)(C)OC(=O)N1CCC(c2cc(-c3ccc(NC(=O)c4c5n(n(-c6ccccn6)c4=O)CCOC5)cc3F)c3c(N)ncnn23)CC1. The summed E-state index contributed by atoms with van der Waals surface area (Å²) in [4.78, 5) is 49.9. The molecule has 3 N–H and O–H groups in total. The van der Waals surface area contributed by atoms with E-state index in [1.165, 1.54) is 17.1 Å². The second kappa shape index (κ2) is 12.5. The first-order valence-corrected chi connectivity index (χ1v) is 16.1. The number of nitrogens with one attached hydrogen (secondary N) is 1. The fraction of sp³-hybridized carbons (Fsp3) is 0.353. The van der Waals surface area contributed by atoms with Crippen LogP contribution in [0.2, 0.25) is 0 Å². The van der Waals surface area contributed by atoms with Gasteiger partial charge in [0, 0.05) is 47.7 Å². The van der Waals surface area contributed by atoms with E-state index in [4.69, 9.17) is 15.2 Å². The number of pyridine rings is 1. The molecule has 254 valence electrons. The molecule has 1 fully saturated rings. The van der Waals surface area contributed by atoms with Gasteiger partial charge in [-0.15, -0.1) is 0 Å². The largest absolute Gasteiger partial charge is 0.444 e. The highest BCUT2D eigenvalue weighted by Gasteiger charge is 2.31. The lowest BCUT2D eigenvalue weighted by molar-refractivity contribution is 0.0203. The average molecular weight is 670 g/mol. The van der Waals surface area contributed by atoms with Gasteiger partial charge in [-0.1, -0.05) is 6.07 Å². The van der Waals surface area contributed by atoms with Gasteiger partial charge in [0.05, 0.1) is 25.5 Å². The number of fused-ring (bicyclic) bond motifs is 2. The maximum absolute atomic E-state index is 16.0. The van der Waals surface area contributed by atoms with E-state index >= 15 is 4.39 Å². The van der Waals surface area contributed by atoms with Gasteiger partial charge in [-0.2, -0.15) is 9.78 Å². The molecular weight excluding hydrogens is 633 g/mol. The molecule has 0 bridgehead atoms. The van der Waals surface area contributed by atoms with Gasteiger partial charge in [0.25, 0.3) is 11.5 Å². The van der Waals surface area contributed by atoms with Gasteiger partial charge in [-0.25, -0.2) is 23.7 Å². The van der Waals surface area contributed by atoms with Crippen molar-refractivity contribution in [2.24, 2.45) is 0 Å². The Morgan fingerprint density at radius 1 is 1.06 bits per heavy atom. The van der Waals surface area contributed by atoms with E-state index in [0.29, 0.717) is 61.7 Å². The van der Waals surface area contributed by atoms with Crippen LogP contribution in [-0.2, 0) is 22.6 Å². The van der Waals surface area contributed by atoms with E-state index in [2.05, 4.69) is 20.4 Å². The van der Waals surface area contributed by atoms with Crippen molar-refractivity contribution in [1.82, 2.24) is 33.8 Å². The molecule has 2 aliphatic heterocycles. The zero-order valence-electron chi connectivity index (χ0n) is 27.4. The molecule has 0 saturated carbocycles. The standard InChI is InChI=1S/C34H36FN9O5/c1-34(2,3)49-33(47)41-12-9-20(10-13-41)25-17-23(29-30(36)38-19-39-43(25)29)22-8-7-21(16-24(22)35)40-31(45)28-26-18-48-15-14-42(26)44(32(28)46)27-6-4-5-11-37-27/h4-8,11,16-17,19-20H,9-10,12-15,18H2,1-3H3,(H,40,45)(H2,36,38,39). The van der Waals surface area contributed by atoms with Crippen LogP contribution in [0.15, 0.2) is 59.8 Å². The van der Waals surface area contributed by atoms with Crippen LogP contribution in [0, 0.1) is 5.82 Å². The van der Waals surface area contributed by atoms with E-state index in [9.17, 15) is 14.4 Å². The van der Waals surface area contributed by atoms with E-state index in [1.54, 1.807) is 50.6 Å². The van der Waals surface area contributed by atoms with Crippen LogP contribution in [0.25, 0.3) is 22.5 Å². The Morgan fingerprint density at radius 2 is 1.86 bits per heavy atom. The molecule has 14 nitrogen and oxygen atoms in total.